The van der Waals surface area contributed by atoms with Crippen molar-refractivity contribution < 1.29 is 29.4 Å². The Labute approximate surface area is 260 Å². The van der Waals surface area contributed by atoms with Crippen molar-refractivity contribution in [1.29, 1.82) is 0 Å². The minimum atomic E-state index is -1.02. The van der Waals surface area contributed by atoms with Crippen LogP contribution in [0.3, 0.4) is 0 Å². The molecule has 0 spiro atoms. The number of nitrogens with one attached hydrogen (secondary N) is 1. The van der Waals surface area contributed by atoms with Crippen LogP contribution in [-0.4, -0.2) is 79.2 Å². The Kier molecular flexibility index (Phi) is 9.01. The second kappa shape index (κ2) is 12.3. The van der Waals surface area contributed by atoms with Crippen LogP contribution in [0.5, 0.6) is 5.75 Å². The van der Waals surface area contributed by atoms with Crippen LogP contribution < -0.4 is 20.7 Å². The van der Waals surface area contributed by atoms with Crippen LogP contribution in [0.15, 0.2) is 36.4 Å². The van der Waals surface area contributed by atoms with Gasteiger partial charge >= 0.3 is 5.97 Å². The normalized spacial score (nSPS) is 29.9. The second-order valence-electron chi connectivity index (χ2n) is 13.8. The number of aliphatic hydroxyl groups excluding tert-OH is 1. The van der Waals surface area contributed by atoms with Crippen molar-refractivity contribution in [2.24, 2.45) is 34.8 Å². The number of ether oxygens (including phenoxy) is 1. The van der Waals surface area contributed by atoms with Gasteiger partial charge in [-0.2, -0.15) is 5.06 Å². The molecule has 5 N–H and O–H groups in total. The number of fused-ring (bicyclic) bond motifs is 2. The van der Waals surface area contributed by atoms with Gasteiger partial charge in [0.2, 0.25) is 5.91 Å². The number of benzene rings is 2. The molecule has 0 radical (unpaired) electrons. The fourth-order valence-corrected chi connectivity index (χ4v) is 8.02. The molecule has 3 aliphatic carbocycles. The number of hydrogen-bond donors (Lipinski definition) is 4. The number of hydrogen-bond acceptors (Lipinski definition) is 8. The number of hydroxylamine groups is 2. The van der Waals surface area contributed by atoms with Gasteiger partial charge in [-0.25, -0.2) is 4.79 Å². The van der Waals surface area contributed by atoms with Crippen LogP contribution in [0.25, 0.3) is 11.1 Å². The molecule has 8 atom stereocenters. The zero-order valence-corrected chi connectivity index (χ0v) is 26.9. The van der Waals surface area contributed by atoms with Gasteiger partial charge in [0.25, 0.3) is 0 Å². The van der Waals surface area contributed by atoms with Crippen molar-refractivity contribution in [2.75, 3.05) is 32.6 Å². The zero-order chi connectivity index (χ0) is 32.1. The van der Waals surface area contributed by atoms with E-state index in [1.165, 1.54) is 6.42 Å². The van der Waals surface area contributed by atoms with Gasteiger partial charge in [0.15, 0.2) is 0 Å². The molecule has 44 heavy (non-hydrogen) atoms. The van der Waals surface area contributed by atoms with Crippen LogP contribution in [0, 0.1) is 29.1 Å². The van der Waals surface area contributed by atoms with Crippen molar-refractivity contribution in [1.82, 2.24) is 10.4 Å². The Bertz CT molecular complexity index is 1390. The monoisotopic (exact) mass is 608 g/mol. The second-order valence-corrected chi connectivity index (χ2v) is 13.8. The van der Waals surface area contributed by atoms with Crippen LogP contribution in [-0.2, 0) is 16.2 Å². The number of aliphatic hydroxyl groups is 1. The molecule has 240 valence electrons. The summed E-state index contributed by atoms with van der Waals surface area (Å²) in [5, 5.41) is 25.6. The predicted octanol–water partition coefficient (Wildman–Crippen LogP) is 3.75. The maximum Gasteiger partial charge on any atom is 0.335 e. The van der Waals surface area contributed by atoms with Crippen LogP contribution in [0.4, 0.5) is 5.69 Å². The Hall–Kier alpha value is -3.18. The van der Waals surface area contributed by atoms with Crippen LogP contribution >= 0.6 is 0 Å². The average Bonchev–Trinajstić information content (AvgIpc) is 3.36. The van der Waals surface area contributed by atoms with E-state index in [0.717, 1.165) is 23.2 Å². The van der Waals surface area contributed by atoms with Gasteiger partial charge < -0.3 is 30.9 Å². The van der Waals surface area contributed by atoms with Crippen molar-refractivity contribution >= 4 is 17.6 Å². The molecule has 3 saturated carbocycles. The van der Waals surface area contributed by atoms with E-state index < -0.39 is 30.1 Å². The smallest absolute Gasteiger partial charge is 0.335 e. The highest BCUT2D eigenvalue weighted by Crippen LogP contribution is 2.61. The lowest BCUT2D eigenvalue weighted by Crippen LogP contribution is -2.62. The Balaban J connectivity index is 1.46. The minimum Gasteiger partial charge on any atom is -0.496 e. The van der Waals surface area contributed by atoms with Gasteiger partial charge in [0.1, 0.15) is 11.8 Å². The summed E-state index contributed by atoms with van der Waals surface area (Å²) in [7, 11) is 5.29. The number of nitrogens with two attached hydrogens (primary N) is 1. The molecule has 1 heterocycles. The molecule has 10 nitrogen and oxygen atoms in total. The summed E-state index contributed by atoms with van der Waals surface area (Å²) in [5.41, 5.74) is 9.48. The first-order chi connectivity index (χ1) is 20.8. The topological polar surface area (TPSA) is 138 Å². The number of carbonyl (C=O) groups is 2. The summed E-state index contributed by atoms with van der Waals surface area (Å²) in [4.78, 5) is 34.2. The molecule has 1 saturated heterocycles. The van der Waals surface area contributed by atoms with Gasteiger partial charge in [0, 0.05) is 49.4 Å². The molecule has 2 aromatic carbocycles. The number of carboxylic acid groups (broad SMARTS) is 1. The van der Waals surface area contributed by atoms with E-state index in [1.54, 1.807) is 31.2 Å². The van der Waals surface area contributed by atoms with E-state index >= 15 is 0 Å². The van der Waals surface area contributed by atoms with Gasteiger partial charge in [-0.05, 0) is 66.7 Å². The molecule has 6 rings (SSSR count). The largest absolute Gasteiger partial charge is 0.496 e. The Morgan fingerprint density at radius 2 is 1.95 bits per heavy atom. The number of para-hydroxylation sites is 1. The molecule has 1 amide bonds. The number of aromatic carboxylic acids is 1. The van der Waals surface area contributed by atoms with E-state index in [2.05, 4.69) is 26.1 Å². The zero-order valence-electron chi connectivity index (χ0n) is 26.9. The summed E-state index contributed by atoms with van der Waals surface area (Å²) in [6.45, 7) is 8.95. The van der Waals surface area contributed by atoms with Crippen molar-refractivity contribution in [3.63, 3.8) is 0 Å². The third kappa shape index (κ3) is 5.69. The number of amides is 1. The summed E-state index contributed by atoms with van der Waals surface area (Å²) < 4.78 is 5.92. The lowest BCUT2D eigenvalue weighted by atomic mass is 9.45. The van der Waals surface area contributed by atoms with Crippen molar-refractivity contribution in [3.05, 3.63) is 47.5 Å². The number of carboxylic acids is 1. The van der Waals surface area contributed by atoms with E-state index in [1.807, 2.05) is 43.3 Å². The molecule has 0 aromatic heterocycles. The number of carbonyl (C=O) groups excluding carboxylic acids is 1. The summed E-state index contributed by atoms with van der Waals surface area (Å²) in [6, 6.07) is 10.2. The molecule has 4 aliphatic rings. The highest BCUT2D eigenvalue weighted by Gasteiger charge is 2.57. The molecule has 10 heteroatoms. The van der Waals surface area contributed by atoms with Crippen molar-refractivity contribution in [2.45, 2.75) is 71.4 Å². The standard InChI is InChI=1S/C34H48N4O6/c1-18-26-14-23(34(26,3)4)15-27(18)36-32(40)30-29(19(2)39)28(16-35)44-38(30)17-20-9-8-10-25(31(20)43-7)21-11-22(33(41)42)13-24(12-21)37(5)6/h8-13,18-19,23,26-30,39H,14-17,35H2,1-7H3,(H,36,40)(H,41,42)/t18-,19-,23-,26+,27-,28-,29+,30-/m0/s1. The first kappa shape index (κ1) is 32.2. The molecule has 2 aromatic rings. The molecule has 4 fully saturated rings. The van der Waals surface area contributed by atoms with Crippen LogP contribution in [0.1, 0.15) is 56.5 Å². The van der Waals surface area contributed by atoms with E-state index in [0.29, 0.717) is 34.5 Å². The third-order valence-corrected chi connectivity index (χ3v) is 10.7. The lowest BCUT2D eigenvalue weighted by Gasteiger charge is -2.62. The van der Waals surface area contributed by atoms with Gasteiger partial charge in [-0.15, -0.1) is 0 Å². The third-order valence-electron chi connectivity index (χ3n) is 10.7. The van der Waals surface area contributed by atoms with Gasteiger partial charge in [-0.3, -0.25) is 9.63 Å². The molecular formula is C34H48N4O6. The summed E-state index contributed by atoms with van der Waals surface area (Å²) in [5.74, 6) is 0.373. The lowest BCUT2D eigenvalue weighted by molar-refractivity contribution is -0.175. The molecular weight excluding hydrogens is 560 g/mol. The number of methoxy groups -OCH3 is 1. The number of anilines is 1. The maximum absolute atomic E-state index is 14.1. The number of nitrogens with zero attached hydrogens (tertiary/aromatic N) is 2. The summed E-state index contributed by atoms with van der Waals surface area (Å²) in [6.07, 6.45) is 0.804. The van der Waals surface area contributed by atoms with E-state index in [9.17, 15) is 19.8 Å². The fraction of sp³-hybridized carbons (Fsp3) is 0.588. The Morgan fingerprint density at radius 3 is 2.52 bits per heavy atom. The predicted molar refractivity (Wildman–Crippen MR) is 169 cm³/mol. The van der Waals surface area contributed by atoms with Gasteiger partial charge in [0.05, 0.1) is 31.4 Å². The van der Waals surface area contributed by atoms with Crippen LogP contribution in [0.2, 0.25) is 0 Å². The molecule has 1 aliphatic heterocycles. The molecule has 0 unspecified atom stereocenters. The van der Waals surface area contributed by atoms with Crippen molar-refractivity contribution in [3.8, 4) is 16.9 Å². The SMILES string of the molecule is COc1c(CN2O[C@@H](CN)[C@@H]([C@H](C)O)[C@H]2C(=O)N[C@H]2C[C@@H]3C[C@H]([C@@H]2C)C3(C)C)cccc1-c1cc(C(=O)O)cc(N(C)C)c1. The summed E-state index contributed by atoms with van der Waals surface area (Å²) >= 11 is 0. The van der Waals surface area contributed by atoms with Gasteiger partial charge in [-0.1, -0.05) is 39.0 Å². The Morgan fingerprint density at radius 1 is 1.23 bits per heavy atom. The average molecular weight is 609 g/mol. The first-order valence-corrected chi connectivity index (χ1v) is 15.6. The maximum atomic E-state index is 14.1. The van der Waals surface area contributed by atoms with E-state index in [4.69, 9.17) is 15.3 Å². The highest BCUT2D eigenvalue weighted by atomic mass is 16.7. The first-order valence-electron chi connectivity index (χ1n) is 15.6. The number of rotatable bonds is 10. The highest BCUT2D eigenvalue weighted by molar-refractivity contribution is 5.92. The quantitative estimate of drug-likeness (QED) is 0.318. The van der Waals surface area contributed by atoms with E-state index in [-0.39, 0.29) is 30.6 Å². The minimum absolute atomic E-state index is 0.0676. The molecule has 2 bridgehead atoms. The fourth-order valence-electron chi connectivity index (χ4n) is 8.02.